The molecule has 0 saturated heterocycles. The summed E-state index contributed by atoms with van der Waals surface area (Å²) in [5.74, 6) is 0. The maximum Gasteiger partial charge on any atom is 0.0612 e. The standard InChI is InChI=1S/C12H22O/c1-11(2)7-6-9-12(11,3)8-4-5-10-13/h4-5,13H,6-10H2,1-3H3. The van der Waals surface area contributed by atoms with Crippen molar-refractivity contribution in [1.82, 2.24) is 0 Å². The number of aliphatic hydroxyl groups excluding tert-OH is 1. The first-order valence-electron chi connectivity index (χ1n) is 5.28. The van der Waals surface area contributed by atoms with Crippen LogP contribution in [0.2, 0.25) is 0 Å². The summed E-state index contributed by atoms with van der Waals surface area (Å²) >= 11 is 0. The fraction of sp³-hybridized carbons (Fsp3) is 0.833. The molecule has 1 rings (SSSR count). The molecule has 1 aliphatic carbocycles. The van der Waals surface area contributed by atoms with Gasteiger partial charge in [-0.05, 0) is 30.1 Å². The molecular weight excluding hydrogens is 160 g/mol. The topological polar surface area (TPSA) is 20.2 Å². The van der Waals surface area contributed by atoms with Crippen molar-refractivity contribution in [3.05, 3.63) is 12.2 Å². The third kappa shape index (κ3) is 2.14. The van der Waals surface area contributed by atoms with Gasteiger partial charge in [-0.3, -0.25) is 0 Å². The van der Waals surface area contributed by atoms with Crippen molar-refractivity contribution in [2.75, 3.05) is 6.61 Å². The predicted molar refractivity (Wildman–Crippen MR) is 56.6 cm³/mol. The Morgan fingerprint density at radius 2 is 1.85 bits per heavy atom. The highest BCUT2D eigenvalue weighted by atomic mass is 16.2. The highest BCUT2D eigenvalue weighted by Crippen LogP contribution is 2.54. The fourth-order valence-corrected chi connectivity index (χ4v) is 2.36. The molecule has 1 aliphatic rings. The van der Waals surface area contributed by atoms with Gasteiger partial charge >= 0.3 is 0 Å². The van der Waals surface area contributed by atoms with Crippen molar-refractivity contribution in [2.45, 2.75) is 46.5 Å². The summed E-state index contributed by atoms with van der Waals surface area (Å²) < 4.78 is 0. The molecule has 0 aromatic rings. The molecule has 1 N–H and O–H groups in total. The van der Waals surface area contributed by atoms with Crippen LogP contribution in [-0.2, 0) is 0 Å². The molecule has 0 aliphatic heterocycles. The summed E-state index contributed by atoms with van der Waals surface area (Å²) in [6.07, 6.45) is 9.13. The quantitative estimate of drug-likeness (QED) is 0.665. The Morgan fingerprint density at radius 3 is 2.31 bits per heavy atom. The largest absolute Gasteiger partial charge is 0.392 e. The lowest BCUT2D eigenvalue weighted by Gasteiger charge is -2.37. The third-order valence-electron chi connectivity index (χ3n) is 4.00. The molecule has 0 spiro atoms. The van der Waals surface area contributed by atoms with E-state index in [4.69, 9.17) is 5.11 Å². The van der Waals surface area contributed by atoms with E-state index in [-0.39, 0.29) is 6.61 Å². The van der Waals surface area contributed by atoms with Crippen molar-refractivity contribution in [2.24, 2.45) is 10.8 Å². The highest BCUT2D eigenvalue weighted by molar-refractivity contribution is 5.00. The molecule has 0 aromatic carbocycles. The van der Waals surface area contributed by atoms with E-state index in [1.54, 1.807) is 0 Å². The number of hydrogen-bond acceptors (Lipinski definition) is 1. The minimum Gasteiger partial charge on any atom is -0.392 e. The molecule has 1 saturated carbocycles. The van der Waals surface area contributed by atoms with Crippen LogP contribution in [0.4, 0.5) is 0 Å². The van der Waals surface area contributed by atoms with Crippen molar-refractivity contribution in [3.8, 4) is 0 Å². The highest BCUT2D eigenvalue weighted by Gasteiger charge is 2.43. The zero-order valence-corrected chi connectivity index (χ0v) is 9.14. The lowest BCUT2D eigenvalue weighted by Crippen LogP contribution is -2.28. The summed E-state index contributed by atoms with van der Waals surface area (Å²) in [5, 5.41) is 8.67. The lowest BCUT2D eigenvalue weighted by atomic mass is 9.67. The fourth-order valence-electron chi connectivity index (χ4n) is 2.36. The Kier molecular flexibility index (Phi) is 3.18. The number of hydrogen-bond donors (Lipinski definition) is 1. The van der Waals surface area contributed by atoms with Gasteiger partial charge in [0.1, 0.15) is 0 Å². The lowest BCUT2D eigenvalue weighted by molar-refractivity contribution is 0.135. The van der Waals surface area contributed by atoms with Gasteiger partial charge in [0.15, 0.2) is 0 Å². The minimum atomic E-state index is 0.177. The van der Waals surface area contributed by atoms with Gasteiger partial charge < -0.3 is 5.11 Å². The third-order valence-corrected chi connectivity index (χ3v) is 4.00. The molecule has 1 nitrogen and oxygen atoms in total. The van der Waals surface area contributed by atoms with Gasteiger partial charge in [0.2, 0.25) is 0 Å². The molecule has 76 valence electrons. The number of rotatable bonds is 3. The van der Waals surface area contributed by atoms with Gasteiger partial charge in [0, 0.05) is 0 Å². The first-order valence-corrected chi connectivity index (χ1v) is 5.28. The Hall–Kier alpha value is -0.300. The molecule has 0 heterocycles. The number of allylic oxidation sites excluding steroid dienone is 1. The Morgan fingerprint density at radius 1 is 1.15 bits per heavy atom. The van der Waals surface area contributed by atoms with Crippen LogP contribution in [0.15, 0.2) is 12.2 Å². The monoisotopic (exact) mass is 182 g/mol. The molecule has 1 fully saturated rings. The second kappa shape index (κ2) is 3.83. The number of aliphatic hydroxyl groups is 1. The van der Waals surface area contributed by atoms with E-state index in [0.29, 0.717) is 10.8 Å². The summed E-state index contributed by atoms with van der Waals surface area (Å²) in [5.41, 5.74) is 0.908. The van der Waals surface area contributed by atoms with Crippen molar-refractivity contribution >= 4 is 0 Å². The van der Waals surface area contributed by atoms with E-state index < -0.39 is 0 Å². The second-order valence-electron chi connectivity index (χ2n) is 5.16. The smallest absolute Gasteiger partial charge is 0.0612 e. The molecule has 1 atom stereocenters. The van der Waals surface area contributed by atoms with E-state index in [1.807, 2.05) is 6.08 Å². The van der Waals surface area contributed by atoms with Crippen LogP contribution < -0.4 is 0 Å². The SMILES string of the molecule is CC1(C)CCCC1(C)CC=CCO. The van der Waals surface area contributed by atoms with E-state index in [2.05, 4.69) is 26.8 Å². The van der Waals surface area contributed by atoms with Crippen LogP contribution in [0.5, 0.6) is 0 Å². The normalized spacial score (nSPS) is 32.9. The first kappa shape index (κ1) is 10.8. The minimum absolute atomic E-state index is 0.177. The zero-order chi connectivity index (χ0) is 9.95. The van der Waals surface area contributed by atoms with E-state index in [1.165, 1.54) is 19.3 Å². The molecule has 0 aromatic heterocycles. The molecule has 1 heteroatoms. The van der Waals surface area contributed by atoms with E-state index in [0.717, 1.165) is 6.42 Å². The van der Waals surface area contributed by atoms with Crippen molar-refractivity contribution in [3.63, 3.8) is 0 Å². The average molecular weight is 182 g/mol. The molecule has 1 unspecified atom stereocenters. The maximum absolute atomic E-state index is 8.67. The molecule has 0 bridgehead atoms. The molecule has 0 amide bonds. The van der Waals surface area contributed by atoms with Crippen LogP contribution in [0.25, 0.3) is 0 Å². The second-order valence-corrected chi connectivity index (χ2v) is 5.16. The first-order chi connectivity index (χ1) is 6.02. The van der Waals surface area contributed by atoms with Crippen molar-refractivity contribution in [1.29, 1.82) is 0 Å². The van der Waals surface area contributed by atoms with E-state index >= 15 is 0 Å². The molecule has 0 radical (unpaired) electrons. The van der Waals surface area contributed by atoms with Crippen LogP contribution in [0, 0.1) is 10.8 Å². The Bertz CT molecular complexity index is 193. The van der Waals surface area contributed by atoms with Gasteiger partial charge in [-0.1, -0.05) is 39.3 Å². The van der Waals surface area contributed by atoms with Crippen LogP contribution in [-0.4, -0.2) is 11.7 Å². The summed E-state index contributed by atoms with van der Waals surface area (Å²) in [6.45, 7) is 7.29. The maximum atomic E-state index is 8.67. The van der Waals surface area contributed by atoms with Crippen LogP contribution in [0.3, 0.4) is 0 Å². The molecular formula is C12H22O. The predicted octanol–water partition coefficient (Wildman–Crippen LogP) is 3.14. The zero-order valence-electron chi connectivity index (χ0n) is 9.14. The van der Waals surface area contributed by atoms with Gasteiger partial charge in [-0.2, -0.15) is 0 Å². The van der Waals surface area contributed by atoms with Gasteiger partial charge in [0.25, 0.3) is 0 Å². The van der Waals surface area contributed by atoms with Gasteiger partial charge in [0.05, 0.1) is 6.61 Å². The van der Waals surface area contributed by atoms with Gasteiger partial charge in [-0.15, -0.1) is 0 Å². The summed E-state index contributed by atoms with van der Waals surface area (Å²) in [6, 6.07) is 0. The summed E-state index contributed by atoms with van der Waals surface area (Å²) in [4.78, 5) is 0. The van der Waals surface area contributed by atoms with E-state index in [9.17, 15) is 0 Å². The van der Waals surface area contributed by atoms with Gasteiger partial charge in [-0.25, -0.2) is 0 Å². The summed E-state index contributed by atoms with van der Waals surface area (Å²) in [7, 11) is 0. The Balaban J connectivity index is 2.59. The van der Waals surface area contributed by atoms with Crippen LogP contribution in [0.1, 0.15) is 46.5 Å². The Labute approximate surface area is 81.9 Å². The average Bonchev–Trinajstić information content (AvgIpc) is 2.28. The van der Waals surface area contributed by atoms with Crippen molar-refractivity contribution < 1.29 is 5.11 Å². The molecule has 13 heavy (non-hydrogen) atoms. The van der Waals surface area contributed by atoms with Crippen LogP contribution >= 0.6 is 0 Å².